The minimum Gasteiger partial charge on any atom is -0.370 e. The van der Waals surface area contributed by atoms with Crippen molar-refractivity contribution >= 4 is 28.6 Å². The van der Waals surface area contributed by atoms with Crippen molar-refractivity contribution < 1.29 is 4.79 Å². The molecule has 80 valence electrons. The van der Waals surface area contributed by atoms with Gasteiger partial charge in [-0.3, -0.25) is 4.79 Å². The molecule has 2 rings (SSSR count). The molecule has 4 heteroatoms. The molecule has 2 aromatic rings. The van der Waals surface area contributed by atoms with Crippen LogP contribution in [0.15, 0.2) is 29.0 Å². The highest BCUT2D eigenvalue weighted by atomic mass is 32.1. The topological polar surface area (TPSA) is 43.1 Å². The van der Waals surface area contributed by atoms with Gasteiger partial charge in [-0.25, -0.2) is 0 Å². The number of carbonyl (C=O) groups excluding carboxylic acids is 1. The maximum absolute atomic E-state index is 9.22. The fourth-order valence-electron chi connectivity index (χ4n) is 1.03. The fraction of sp³-hybridized carbons (Fsp3) is 0.182. The van der Waals surface area contributed by atoms with E-state index in [-0.39, 0.29) is 5.91 Å². The first-order chi connectivity index (χ1) is 7.11. The summed E-state index contributed by atoms with van der Waals surface area (Å²) in [5.41, 5.74) is 5.86. The van der Waals surface area contributed by atoms with Crippen LogP contribution in [0.3, 0.4) is 0 Å². The monoisotopic (exact) mass is 239 g/mol. The summed E-state index contributed by atoms with van der Waals surface area (Å²) in [6, 6.07) is 6.43. The smallest absolute Gasteiger partial charge is 0.214 e. The molecular weight excluding hydrogens is 226 g/mol. The number of primary amides is 1. The molecule has 1 amide bonds. The highest BCUT2D eigenvalue weighted by molar-refractivity contribution is 7.20. The van der Waals surface area contributed by atoms with Gasteiger partial charge in [0.25, 0.3) is 0 Å². The number of hydrogen-bond acceptors (Lipinski definition) is 3. The minimum absolute atomic E-state index is 0.333. The average Bonchev–Trinajstić information content (AvgIpc) is 2.71. The molecule has 0 spiro atoms. The number of hydrogen-bond donors (Lipinski definition) is 1. The van der Waals surface area contributed by atoms with E-state index in [1.165, 1.54) is 22.2 Å². The molecule has 0 saturated heterocycles. The SMILES string of the molecule is CC(N)=O.Cc1ccsc1-c1cccs1. The third-order valence-electron chi connectivity index (χ3n) is 1.61. The quantitative estimate of drug-likeness (QED) is 0.815. The van der Waals surface area contributed by atoms with Crippen LogP contribution < -0.4 is 5.73 Å². The molecular formula is C11H13NOS2. The number of rotatable bonds is 1. The maximum Gasteiger partial charge on any atom is 0.214 e. The number of thiophene rings is 2. The van der Waals surface area contributed by atoms with E-state index in [9.17, 15) is 4.79 Å². The van der Waals surface area contributed by atoms with Crippen LogP contribution in [0, 0.1) is 6.92 Å². The lowest BCUT2D eigenvalue weighted by molar-refractivity contribution is -0.115. The largest absolute Gasteiger partial charge is 0.370 e. The maximum atomic E-state index is 9.22. The second-order valence-electron chi connectivity index (χ2n) is 3.02. The van der Waals surface area contributed by atoms with Gasteiger partial charge < -0.3 is 5.73 Å². The van der Waals surface area contributed by atoms with Crippen molar-refractivity contribution in [1.29, 1.82) is 0 Å². The summed E-state index contributed by atoms with van der Waals surface area (Å²) in [5.74, 6) is -0.333. The second-order valence-corrected chi connectivity index (χ2v) is 4.88. The molecule has 0 fully saturated rings. The van der Waals surface area contributed by atoms with Gasteiger partial charge in [0.1, 0.15) is 0 Å². The van der Waals surface area contributed by atoms with E-state index < -0.39 is 0 Å². The first-order valence-corrected chi connectivity index (χ1v) is 6.21. The first-order valence-electron chi connectivity index (χ1n) is 4.45. The van der Waals surface area contributed by atoms with Gasteiger partial charge in [0.2, 0.25) is 5.91 Å². The highest BCUT2D eigenvalue weighted by Gasteiger charge is 2.02. The lowest BCUT2D eigenvalue weighted by Crippen LogP contribution is -2.01. The Labute approximate surface area is 97.4 Å². The molecule has 0 aliphatic rings. The Kier molecular flexibility index (Phi) is 4.52. The Hall–Kier alpha value is -1.13. The standard InChI is InChI=1S/C9H8S2.C2H5NO/c1-7-4-6-11-9(7)8-3-2-5-10-8;1-2(3)4/h2-6H,1H3;1H3,(H2,3,4). The van der Waals surface area contributed by atoms with Crippen LogP contribution in [0.1, 0.15) is 12.5 Å². The predicted molar refractivity (Wildman–Crippen MR) is 67.2 cm³/mol. The summed E-state index contributed by atoms with van der Waals surface area (Å²) in [6.07, 6.45) is 0. The molecule has 15 heavy (non-hydrogen) atoms. The number of amides is 1. The Morgan fingerprint density at radius 1 is 1.27 bits per heavy atom. The molecule has 2 heterocycles. The normalized spacial score (nSPS) is 9.20. The van der Waals surface area contributed by atoms with Gasteiger partial charge in [-0.1, -0.05) is 6.07 Å². The van der Waals surface area contributed by atoms with Crippen molar-refractivity contribution in [2.24, 2.45) is 5.73 Å². The van der Waals surface area contributed by atoms with Crippen LogP contribution in [0.4, 0.5) is 0 Å². The molecule has 0 aliphatic heterocycles. The summed E-state index contributed by atoms with van der Waals surface area (Å²) < 4.78 is 0. The second kappa shape index (κ2) is 5.68. The van der Waals surface area contributed by atoms with Crippen molar-refractivity contribution in [3.63, 3.8) is 0 Å². The zero-order valence-corrected chi connectivity index (χ0v) is 10.3. The van der Waals surface area contributed by atoms with Crippen LogP contribution in [0.25, 0.3) is 9.75 Å². The number of aryl methyl sites for hydroxylation is 1. The van der Waals surface area contributed by atoms with Crippen LogP contribution in [0.5, 0.6) is 0 Å². The predicted octanol–water partition coefficient (Wildman–Crippen LogP) is 3.28. The zero-order valence-electron chi connectivity index (χ0n) is 8.69. The first kappa shape index (κ1) is 11.9. The van der Waals surface area contributed by atoms with E-state index in [0.717, 1.165) is 0 Å². The van der Waals surface area contributed by atoms with Gasteiger partial charge in [-0.2, -0.15) is 0 Å². The van der Waals surface area contributed by atoms with Gasteiger partial charge in [0.15, 0.2) is 0 Å². The lowest BCUT2D eigenvalue weighted by Gasteiger charge is -1.91. The van der Waals surface area contributed by atoms with Crippen LogP contribution in [0.2, 0.25) is 0 Å². The van der Waals surface area contributed by atoms with Crippen molar-refractivity contribution in [2.45, 2.75) is 13.8 Å². The minimum atomic E-state index is -0.333. The zero-order chi connectivity index (χ0) is 11.3. The van der Waals surface area contributed by atoms with E-state index in [1.54, 1.807) is 11.3 Å². The van der Waals surface area contributed by atoms with Crippen LogP contribution >= 0.6 is 22.7 Å². The summed E-state index contributed by atoms with van der Waals surface area (Å²) in [7, 11) is 0. The molecule has 0 unspecified atom stereocenters. The summed E-state index contributed by atoms with van der Waals surface area (Å²) in [6.45, 7) is 3.46. The Morgan fingerprint density at radius 3 is 2.33 bits per heavy atom. The average molecular weight is 239 g/mol. The molecule has 0 bridgehead atoms. The van der Waals surface area contributed by atoms with E-state index >= 15 is 0 Å². The summed E-state index contributed by atoms with van der Waals surface area (Å²) >= 11 is 3.62. The highest BCUT2D eigenvalue weighted by Crippen LogP contribution is 2.31. The Bertz CT molecular complexity index is 413. The fourth-order valence-corrected chi connectivity index (χ4v) is 2.90. The molecule has 0 aliphatic carbocycles. The van der Waals surface area contributed by atoms with Gasteiger partial charge in [0.05, 0.1) is 0 Å². The van der Waals surface area contributed by atoms with Gasteiger partial charge in [-0.05, 0) is 35.4 Å². The molecule has 2 aromatic heterocycles. The van der Waals surface area contributed by atoms with E-state index in [0.29, 0.717) is 0 Å². The van der Waals surface area contributed by atoms with Crippen molar-refractivity contribution in [1.82, 2.24) is 0 Å². The third-order valence-corrected chi connectivity index (χ3v) is 3.67. The van der Waals surface area contributed by atoms with Crippen molar-refractivity contribution in [2.75, 3.05) is 0 Å². The van der Waals surface area contributed by atoms with Gasteiger partial charge >= 0.3 is 0 Å². The molecule has 0 saturated carbocycles. The lowest BCUT2D eigenvalue weighted by atomic mass is 10.2. The molecule has 0 radical (unpaired) electrons. The van der Waals surface area contributed by atoms with E-state index in [1.807, 2.05) is 11.3 Å². The van der Waals surface area contributed by atoms with Crippen molar-refractivity contribution in [3.8, 4) is 9.75 Å². The molecule has 0 atom stereocenters. The molecule has 2 nitrogen and oxygen atoms in total. The van der Waals surface area contributed by atoms with Crippen LogP contribution in [-0.4, -0.2) is 5.91 Å². The molecule has 0 aromatic carbocycles. The van der Waals surface area contributed by atoms with E-state index in [2.05, 4.69) is 41.6 Å². The van der Waals surface area contributed by atoms with Crippen molar-refractivity contribution in [3.05, 3.63) is 34.5 Å². The number of carbonyl (C=O) groups is 1. The van der Waals surface area contributed by atoms with E-state index in [4.69, 9.17) is 0 Å². The van der Waals surface area contributed by atoms with Gasteiger partial charge in [-0.15, -0.1) is 22.7 Å². The Balaban J connectivity index is 0.000000245. The number of nitrogens with two attached hydrogens (primary N) is 1. The molecule has 2 N–H and O–H groups in total. The van der Waals surface area contributed by atoms with Gasteiger partial charge in [0, 0.05) is 16.7 Å². The summed E-state index contributed by atoms with van der Waals surface area (Å²) in [5, 5.41) is 4.26. The summed E-state index contributed by atoms with van der Waals surface area (Å²) in [4.78, 5) is 12.0. The van der Waals surface area contributed by atoms with Crippen LogP contribution in [-0.2, 0) is 4.79 Å². The third kappa shape index (κ3) is 3.85. The Morgan fingerprint density at radius 2 is 1.93 bits per heavy atom.